The van der Waals surface area contributed by atoms with E-state index in [0.29, 0.717) is 24.6 Å². The zero-order valence-electron chi connectivity index (χ0n) is 16.3. The van der Waals surface area contributed by atoms with Crippen molar-refractivity contribution in [1.29, 1.82) is 0 Å². The Bertz CT molecular complexity index is 959. The topological polar surface area (TPSA) is 67.4 Å². The summed E-state index contributed by atoms with van der Waals surface area (Å²) in [6.45, 7) is 5.04. The Hall–Kier alpha value is -3.41. The standard InChI is InChI=1S/C22H24N4O2/c1-4-26(18-10-7-8-16(2)12-18)22(27)19-13-21(25-15-24-19)23-14-17-9-5-6-11-20(17)28-3/h5-13,15H,4,14H2,1-3H3,(H,23,24,25). The first-order chi connectivity index (χ1) is 13.6. The summed E-state index contributed by atoms with van der Waals surface area (Å²) in [5, 5.41) is 3.23. The van der Waals surface area contributed by atoms with E-state index in [1.807, 2.05) is 62.4 Å². The number of hydrogen-bond donors (Lipinski definition) is 1. The van der Waals surface area contributed by atoms with Crippen LogP contribution < -0.4 is 15.0 Å². The Balaban J connectivity index is 1.77. The molecule has 6 heteroatoms. The molecular formula is C22H24N4O2. The molecule has 1 N–H and O–H groups in total. The van der Waals surface area contributed by atoms with Crippen molar-refractivity contribution < 1.29 is 9.53 Å². The van der Waals surface area contributed by atoms with Crippen molar-refractivity contribution in [2.24, 2.45) is 0 Å². The molecule has 0 saturated carbocycles. The van der Waals surface area contributed by atoms with Gasteiger partial charge < -0.3 is 15.0 Å². The van der Waals surface area contributed by atoms with E-state index in [1.54, 1.807) is 18.1 Å². The van der Waals surface area contributed by atoms with Gasteiger partial charge in [-0.3, -0.25) is 4.79 Å². The fourth-order valence-electron chi connectivity index (χ4n) is 2.98. The van der Waals surface area contributed by atoms with Gasteiger partial charge in [-0.1, -0.05) is 30.3 Å². The second-order valence-electron chi connectivity index (χ2n) is 6.34. The van der Waals surface area contributed by atoms with E-state index in [-0.39, 0.29) is 5.91 Å². The molecular weight excluding hydrogens is 352 g/mol. The van der Waals surface area contributed by atoms with E-state index in [0.717, 1.165) is 22.6 Å². The number of para-hydroxylation sites is 1. The molecule has 6 nitrogen and oxygen atoms in total. The van der Waals surface area contributed by atoms with Crippen LogP contribution in [0.15, 0.2) is 60.9 Å². The minimum Gasteiger partial charge on any atom is -0.496 e. The molecule has 2 aromatic carbocycles. The van der Waals surface area contributed by atoms with Crippen molar-refractivity contribution in [2.75, 3.05) is 23.9 Å². The Morgan fingerprint density at radius 1 is 1.11 bits per heavy atom. The Morgan fingerprint density at radius 3 is 2.68 bits per heavy atom. The number of nitrogens with zero attached hydrogens (tertiary/aromatic N) is 3. The summed E-state index contributed by atoms with van der Waals surface area (Å²) in [4.78, 5) is 23.1. The van der Waals surface area contributed by atoms with Gasteiger partial charge in [0.25, 0.3) is 5.91 Å². The van der Waals surface area contributed by atoms with Gasteiger partial charge in [-0.15, -0.1) is 0 Å². The molecule has 1 heterocycles. The van der Waals surface area contributed by atoms with Crippen LogP contribution in [0.25, 0.3) is 0 Å². The van der Waals surface area contributed by atoms with Crippen LogP contribution in [0.2, 0.25) is 0 Å². The molecule has 1 amide bonds. The minimum absolute atomic E-state index is 0.157. The highest BCUT2D eigenvalue weighted by Gasteiger charge is 2.18. The number of carbonyl (C=O) groups excluding carboxylic acids is 1. The predicted octanol–water partition coefficient (Wildman–Crippen LogP) is 4.07. The van der Waals surface area contributed by atoms with Crippen molar-refractivity contribution >= 4 is 17.4 Å². The lowest BCUT2D eigenvalue weighted by molar-refractivity contribution is 0.0983. The molecule has 28 heavy (non-hydrogen) atoms. The van der Waals surface area contributed by atoms with E-state index >= 15 is 0 Å². The van der Waals surface area contributed by atoms with Gasteiger partial charge in [0, 0.05) is 30.4 Å². The third-order valence-corrected chi connectivity index (χ3v) is 4.41. The maximum Gasteiger partial charge on any atom is 0.277 e. The van der Waals surface area contributed by atoms with Crippen LogP contribution >= 0.6 is 0 Å². The molecule has 144 valence electrons. The van der Waals surface area contributed by atoms with Gasteiger partial charge in [0.05, 0.1) is 7.11 Å². The number of amides is 1. The molecule has 0 unspecified atom stereocenters. The first-order valence-electron chi connectivity index (χ1n) is 9.18. The fraction of sp³-hybridized carbons (Fsp3) is 0.227. The molecule has 0 bridgehead atoms. The third-order valence-electron chi connectivity index (χ3n) is 4.41. The van der Waals surface area contributed by atoms with Crippen molar-refractivity contribution in [3.8, 4) is 5.75 Å². The lowest BCUT2D eigenvalue weighted by atomic mass is 10.2. The van der Waals surface area contributed by atoms with Crippen molar-refractivity contribution in [1.82, 2.24) is 9.97 Å². The summed E-state index contributed by atoms with van der Waals surface area (Å²) in [6, 6.07) is 17.3. The molecule has 1 aromatic heterocycles. The van der Waals surface area contributed by atoms with Crippen LogP contribution in [-0.2, 0) is 6.54 Å². The summed E-state index contributed by atoms with van der Waals surface area (Å²) in [5.74, 6) is 1.23. The summed E-state index contributed by atoms with van der Waals surface area (Å²) >= 11 is 0. The van der Waals surface area contributed by atoms with E-state index in [2.05, 4.69) is 15.3 Å². The number of aromatic nitrogens is 2. The summed E-state index contributed by atoms with van der Waals surface area (Å²) in [5.41, 5.74) is 3.31. The number of carbonyl (C=O) groups is 1. The van der Waals surface area contributed by atoms with Gasteiger partial charge in [-0.05, 0) is 37.6 Å². The number of hydrogen-bond acceptors (Lipinski definition) is 5. The van der Waals surface area contributed by atoms with Crippen LogP contribution in [0.1, 0.15) is 28.5 Å². The first kappa shape index (κ1) is 19.4. The van der Waals surface area contributed by atoms with E-state index in [9.17, 15) is 4.79 Å². The third kappa shape index (κ3) is 4.46. The lowest BCUT2D eigenvalue weighted by Gasteiger charge is -2.21. The number of ether oxygens (including phenoxy) is 1. The molecule has 0 aliphatic heterocycles. The van der Waals surface area contributed by atoms with Crippen LogP contribution in [0, 0.1) is 6.92 Å². The van der Waals surface area contributed by atoms with Gasteiger partial charge in [-0.25, -0.2) is 9.97 Å². The van der Waals surface area contributed by atoms with Crippen LogP contribution in [0.4, 0.5) is 11.5 Å². The summed E-state index contributed by atoms with van der Waals surface area (Å²) in [7, 11) is 1.64. The van der Waals surface area contributed by atoms with E-state index < -0.39 is 0 Å². The number of anilines is 2. The normalized spacial score (nSPS) is 10.4. The minimum atomic E-state index is -0.157. The number of methoxy groups -OCH3 is 1. The maximum atomic E-state index is 13.0. The Labute approximate surface area is 165 Å². The summed E-state index contributed by atoms with van der Waals surface area (Å²) < 4.78 is 5.37. The second kappa shape index (κ2) is 8.99. The molecule has 0 atom stereocenters. The van der Waals surface area contributed by atoms with Gasteiger partial charge in [0.1, 0.15) is 23.6 Å². The quantitative estimate of drug-likeness (QED) is 0.673. The highest BCUT2D eigenvalue weighted by molar-refractivity contribution is 6.05. The monoisotopic (exact) mass is 376 g/mol. The molecule has 0 aliphatic carbocycles. The lowest BCUT2D eigenvalue weighted by Crippen LogP contribution is -2.31. The van der Waals surface area contributed by atoms with Crippen LogP contribution in [0.5, 0.6) is 5.75 Å². The molecule has 0 spiro atoms. The van der Waals surface area contributed by atoms with Gasteiger partial charge >= 0.3 is 0 Å². The van der Waals surface area contributed by atoms with E-state index in [4.69, 9.17) is 4.74 Å². The zero-order chi connectivity index (χ0) is 19.9. The van der Waals surface area contributed by atoms with E-state index in [1.165, 1.54) is 6.33 Å². The van der Waals surface area contributed by atoms with Gasteiger partial charge in [0.15, 0.2) is 0 Å². The van der Waals surface area contributed by atoms with Gasteiger partial charge in [0.2, 0.25) is 0 Å². The SMILES string of the molecule is CCN(C(=O)c1cc(NCc2ccccc2OC)ncn1)c1cccc(C)c1. The zero-order valence-corrected chi connectivity index (χ0v) is 16.3. The highest BCUT2D eigenvalue weighted by Crippen LogP contribution is 2.20. The Morgan fingerprint density at radius 2 is 1.93 bits per heavy atom. The van der Waals surface area contributed by atoms with Crippen LogP contribution in [-0.4, -0.2) is 29.5 Å². The van der Waals surface area contributed by atoms with Gasteiger partial charge in [-0.2, -0.15) is 0 Å². The molecule has 0 radical (unpaired) electrons. The highest BCUT2D eigenvalue weighted by atomic mass is 16.5. The largest absolute Gasteiger partial charge is 0.496 e. The number of benzene rings is 2. The molecule has 3 aromatic rings. The number of nitrogens with one attached hydrogen (secondary N) is 1. The first-order valence-corrected chi connectivity index (χ1v) is 9.18. The smallest absolute Gasteiger partial charge is 0.277 e. The average Bonchev–Trinajstić information content (AvgIpc) is 2.73. The second-order valence-corrected chi connectivity index (χ2v) is 6.34. The van der Waals surface area contributed by atoms with Crippen LogP contribution in [0.3, 0.4) is 0 Å². The predicted molar refractivity (Wildman–Crippen MR) is 111 cm³/mol. The maximum absolute atomic E-state index is 13.0. The average molecular weight is 376 g/mol. The van der Waals surface area contributed by atoms with Crippen molar-refractivity contribution in [3.63, 3.8) is 0 Å². The summed E-state index contributed by atoms with van der Waals surface area (Å²) in [6.07, 6.45) is 1.40. The number of rotatable bonds is 7. The number of aryl methyl sites for hydroxylation is 1. The Kier molecular flexibility index (Phi) is 6.22. The van der Waals surface area contributed by atoms with Crippen molar-refractivity contribution in [3.05, 3.63) is 77.7 Å². The molecule has 0 fully saturated rings. The molecule has 0 saturated heterocycles. The van der Waals surface area contributed by atoms with Crippen molar-refractivity contribution in [2.45, 2.75) is 20.4 Å². The molecule has 3 rings (SSSR count). The molecule has 0 aliphatic rings. The fourth-order valence-corrected chi connectivity index (χ4v) is 2.98.